The van der Waals surface area contributed by atoms with Crippen molar-refractivity contribution in [1.82, 2.24) is 14.5 Å². The number of imidazole rings is 1. The number of ether oxygens (including phenoxy) is 1. The quantitative estimate of drug-likeness (QED) is 0.337. The van der Waals surface area contributed by atoms with Gasteiger partial charge >= 0.3 is 5.97 Å². The van der Waals surface area contributed by atoms with E-state index in [4.69, 9.17) is 5.41 Å². The first-order chi connectivity index (χ1) is 12.5. The van der Waals surface area contributed by atoms with Crippen molar-refractivity contribution in [3.8, 4) is 5.88 Å². The third-order valence-electron chi connectivity index (χ3n) is 3.50. The second-order valence-electron chi connectivity index (χ2n) is 5.08. The number of azo groups is 1. The molecular weight excluding hydrogens is 344 g/mol. The fourth-order valence-corrected chi connectivity index (χ4v) is 2.35. The topological polar surface area (TPSA) is 160 Å². The zero-order chi connectivity index (χ0) is 18.8. The molecule has 0 aliphatic carbocycles. The molecule has 1 atom stereocenters. The van der Waals surface area contributed by atoms with Gasteiger partial charge in [-0.3, -0.25) is 20.0 Å². The molecular formula is C15H12N6O5. The van der Waals surface area contributed by atoms with Gasteiger partial charge in [0.25, 0.3) is 17.7 Å². The van der Waals surface area contributed by atoms with Crippen molar-refractivity contribution in [3.63, 3.8) is 0 Å². The Morgan fingerprint density at radius 1 is 1.31 bits per heavy atom. The number of ketones is 2. The molecule has 0 saturated heterocycles. The maximum atomic E-state index is 12.8. The number of esters is 1. The van der Waals surface area contributed by atoms with Crippen LogP contribution in [0.1, 0.15) is 29.0 Å². The van der Waals surface area contributed by atoms with Gasteiger partial charge in [-0.15, -0.1) is 10.2 Å². The van der Waals surface area contributed by atoms with E-state index in [1.54, 1.807) is 6.07 Å². The Kier molecular flexibility index (Phi) is 4.35. The van der Waals surface area contributed by atoms with Crippen LogP contribution < -0.4 is 0 Å². The van der Waals surface area contributed by atoms with E-state index in [2.05, 4.69) is 24.9 Å². The molecule has 0 bridgehead atoms. The lowest BCUT2D eigenvalue weighted by atomic mass is 9.93. The van der Waals surface area contributed by atoms with Crippen molar-refractivity contribution in [2.24, 2.45) is 10.2 Å². The van der Waals surface area contributed by atoms with Crippen LogP contribution in [0.5, 0.6) is 5.88 Å². The number of aromatic hydroxyl groups is 1. The number of hydrogen-bond donors (Lipinski definition) is 2. The second-order valence-corrected chi connectivity index (χ2v) is 5.08. The summed E-state index contributed by atoms with van der Waals surface area (Å²) in [6, 6.07) is 4.46. The molecule has 0 radical (unpaired) electrons. The summed E-state index contributed by atoms with van der Waals surface area (Å²) in [6.07, 6.45) is 1.34. The number of nitrogens with one attached hydrogen (secondary N) is 1. The van der Waals surface area contributed by atoms with E-state index in [0.29, 0.717) is 0 Å². The van der Waals surface area contributed by atoms with Crippen LogP contribution in [0.4, 0.5) is 5.95 Å². The molecule has 0 aromatic carbocycles. The lowest BCUT2D eigenvalue weighted by Crippen LogP contribution is -2.31. The minimum atomic E-state index is -1.79. The molecule has 132 valence electrons. The second kappa shape index (κ2) is 6.63. The summed E-state index contributed by atoms with van der Waals surface area (Å²) in [4.78, 5) is 45.0. The Balaban J connectivity index is 2.10. The maximum Gasteiger partial charge on any atom is 0.375 e. The Labute approximate surface area is 145 Å². The molecule has 1 aliphatic heterocycles. The molecule has 1 aliphatic rings. The van der Waals surface area contributed by atoms with Crippen molar-refractivity contribution >= 4 is 29.4 Å². The van der Waals surface area contributed by atoms with E-state index in [1.165, 1.54) is 25.3 Å². The van der Waals surface area contributed by atoms with Gasteiger partial charge in [0.2, 0.25) is 5.88 Å². The van der Waals surface area contributed by atoms with Gasteiger partial charge in [-0.1, -0.05) is 6.07 Å². The zero-order valence-electron chi connectivity index (χ0n) is 13.4. The van der Waals surface area contributed by atoms with Crippen LogP contribution in [0, 0.1) is 5.41 Å². The number of rotatable bonds is 6. The highest BCUT2D eigenvalue weighted by molar-refractivity contribution is 6.41. The third kappa shape index (κ3) is 2.75. The van der Waals surface area contributed by atoms with Crippen LogP contribution in [0.2, 0.25) is 0 Å². The number of pyridine rings is 1. The number of Topliss-reactive ketones (excluding diaryl/α,β-unsaturated/α-hetero) is 2. The number of fused-ring (bicyclic) bond motifs is 1. The van der Waals surface area contributed by atoms with Crippen molar-refractivity contribution in [2.75, 3.05) is 6.61 Å². The molecule has 3 heterocycles. The molecule has 0 saturated carbocycles. The minimum absolute atomic E-state index is 0.0698. The van der Waals surface area contributed by atoms with E-state index >= 15 is 0 Å². The Bertz CT molecular complexity index is 949. The average molecular weight is 356 g/mol. The van der Waals surface area contributed by atoms with Crippen LogP contribution in [0.3, 0.4) is 0 Å². The zero-order valence-corrected chi connectivity index (χ0v) is 13.4. The smallest absolute Gasteiger partial charge is 0.375 e. The highest BCUT2D eigenvalue weighted by Crippen LogP contribution is 2.35. The first-order valence-electron chi connectivity index (χ1n) is 7.44. The van der Waals surface area contributed by atoms with Gasteiger partial charge in [0.05, 0.1) is 6.61 Å². The van der Waals surface area contributed by atoms with Crippen LogP contribution in [0.25, 0.3) is 0 Å². The predicted octanol–water partition coefficient (Wildman–Crippen LogP) is 0.963. The molecule has 0 amide bonds. The fourth-order valence-electron chi connectivity index (χ4n) is 2.35. The van der Waals surface area contributed by atoms with Gasteiger partial charge in [0.1, 0.15) is 17.3 Å². The fraction of sp³-hybridized carbons (Fsp3) is 0.200. The normalized spacial score (nSPS) is 13.3. The Morgan fingerprint density at radius 2 is 2.08 bits per heavy atom. The Hall–Kier alpha value is -3.76. The molecule has 26 heavy (non-hydrogen) atoms. The van der Waals surface area contributed by atoms with E-state index < -0.39 is 41.0 Å². The summed E-state index contributed by atoms with van der Waals surface area (Å²) in [5.41, 5.74) is -0.517. The Morgan fingerprint density at radius 3 is 2.69 bits per heavy atom. The summed E-state index contributed by atoms with van der Waals surface area (Å²) in [7, 11) is 0. The molecule has 0 fully saturated rings. The number of hydrogen-bond acceptors (Lipinski definition) is 9. The van der Waals surface area contributed by atoms with Gasteiger partial charge < -0.3 is 9.84 Å². The van der Waals surface area contributed by atoms with Gasteiger partial charge in [-0.05, 0) is 19.1 Å². The SMILES string of the molecule is CCOC(=O)C(=O)C(C(=O)c1ccccn1)c1nc2n(c1O)C(=N)N=N2. The van der Waals surface area contributed by atoms with Gasteiger partial charge in [0.15, 0.2) is 5.78 Å². The monoisotopic (exact) mass is 356 g/mol. The van der Waals surface area contributed by atoms with Crippen LogP contribution in [0.15, 0.2) is 34.6 Å². The van der Waals surface area contributed by atoms with E-state index in [0.717, 1.165) is 4.57 Å². The lowest BCUT2D eigenvalue weighted by Gasteiger charge is -2.12. The predicted molar refractivity (Wildman–Crippen MR) is 84.5 cm³/mol. The van der Waals surface area contributed by atoms with Crippen molar-refractivity contribution in [2.45, 2.75) is 12.8 Å². The highest BCUT2D eigenvalue weighted by Gasteiger charge is 2.41. The number of carbonyl (C=O) groups excluding carboxylic acids is 3. The number of aromatic nitrogens is 3. The van der Waals surface area contributed by atoms with Crippen LogP contribution in [-0.2, 0) is 14.3 Å². The van der Waals surface area contributed by atoms with E-state index in [-0.39, 0.29) is 18.2 Å². The summed E-state index contributed by atoms with van der Waals surface area (Å²) in [6.45, 7) is 1.44. The summed E-state index contributed by atoms with van der Waals surface area (Å²) in [5, 5.41) is 24.9. The average Bonchev–Trinajstić information content (AvgIpc) is 3.16. The van der Waals surface area contributed by atoms with E-state index in [9.17, 15) is 19.5 Å². The largest absolute Gasteiger partial charge is 0.493 e. The molecule has 11 heteroatoms. The first kappa shape index (κ1) is 17.1. The molecule has 2 N–H and O–H groups in total. The van der Waals surface area contributed by atoms with Gasteiger partial charge in [-0.2, -0.15) is 0 Å². The molecule has 2 aromatic heterocycles. The highest BCUT2D eigenvalue weighted by atomic mass is 16.5. The lowest BCUT2D eigenvalue weighted by molar-refractivity contribution is -0.153. The summed E-state index contributed by atoms with van der Waals surface area (Å²) in [5.74, 6) is -6.39. The standard InChI is InChI=1S/C15H12N6O5/c1-2-26-13(25)11(23)8(10(22)7-5-3-4-6-17-7)9-12(24)21-14(16)19-20-15(21)18-9/h3-6,8,16,24H,2H2,1H3. The minimum Gasteiger partial charge on any atom is -0.493 e. The molecule has 3 rings (SSSR count). The molecule has 0 spiro atoms. The maximum absolute atomic E-state index is 12.8. The molecule has 2 aromatic rings. The van der Waals surface area contributed by atoms with Gasteiger partial charge in [-0.25, -0.2) is 14.3 Å². The summed E-state index contributed by atoms with van der Waals surface area (Å²) < 4.78 is 5.51. The number of carbonyl (C=O) groups is 3. The van der Waals surface area contributed by atoms with Crippen LogP contribution in [-0.4, -0.2) is 49.7 Å². The third-order valence-corrected chi connectivity index (χ3v) is 3.50. The van der Waals surface area contributed by atoms with Crippen molar-refractivity contribution in [3.05, 3.63) is 35.8 Å². The van der Waals surface area contributed by atoms with Crippen LogP contribution >= 0.6 is 0 Å². The molecule has 1 unspecified atom stereocenters. The van der Waals surface area contributed by atoms with Crippen molar-refractivity contribution < 1.29 is 24.2 Å². The van der Waals surface area contributed by atoms with E-state index in [1.807, 2.05) is 0 Å². The number of nitrogens with zero attached hydrogens (tertiary/aromatic N) is 5. The van der Waals surface area contributed by atoms with Crippen molar-refractivity contribution in [1.29, 1.82) is 5.41 Å². The molecule has 11 nitrogen and oxygen atoms in total. The summed E-state index contributed by atoms with van der Waals surface area (Å²) >= 11 is 0. The first-order valence-corrected chi connectivity index (χ1v) is 7.44. The van der Waals surface area contributed by atoms with Gasteiger partial charge in [0, 0.05) is 6.20 Å².